The zero-order chi connectivity index (χ0) is 18.1. The van der Waals surface area contributed by atoms with Crippen LogP contribution in [0.2, 0.25) is 0 Å². The van der Waals surface area contributed by atoms with E-state index in [-0.39, 0.29) is 5.91 Å². The van der Waals surface area contributed by atoms with Crippen molar-refractivity contribution in [3.05, 3.63) is 24.3 Å². The molecule has 4 N–H and O–H groups in total. The monoisotopic (exact) mass is 352 g/mol. The molecule has 1 rings (SSSR count). The van der Waals surface area contributed by atoms with Gasteiger partial charge in [-0.3, -0.25) is 4.79 Å². The molecule has 0 saturated heterocycles. The van der Waals surface area contributed by atoms with E-state index in [2.05, 4.69) is 36.3 Å². The van der Waals surface area contributed by atoms with Crippen molar-refractivity contribution in [2.45, 2.75) is 39.3 Å². The number of benzene rings is 1. The van der Waals surface area contributed by atoms with Crippen molar-refractivity contribution >= 4 is 35.1 Å². The van der Waals surface area contributed by atoms with E-state index in [9.17, 15) is 9.59 Å². The first-order valence-corrected chi connectivity index (χ1v) is 9.50. The first kappa shape index (κ1) is 20.2. The minimum Gasteiger partial charge on any atom is -0.369 e. The van der Waals surface area contributed by atoms with Gasteiger partial charge in [-0.2, -0.15) is 11.8 Å². The Labute approximate surface area is 148 Å². The van der Waals surface area contributed by atoms with Gasteiger partial charge < -0.3 is 21.3 Å². The van der Waals surface area contributed by atoms with Crippen LogP contribution in [-0.4, -0.2) is 42.6 Å². The highest BCUT2D eigenvalue weighted by molar-refractivity contribution is 7.98. The molecule has 0 radical (unpaired) electrons. The number of thioether (sulfide) groups is 1. The number of nitrogens with two attached hydrogens (primary N) is 1. The molecule has 24 heavy (non-hydrogen) atoms. The molecular weight excluding hydrogens is 324 g/mol. The molecule has 6 nitrogen and oxygen atoms in total. The third-order valence-electron chi connectivity index (χ3n) is 3.67. The number of primary amides is 1. The summed E-state index contributed by atoms with van der Waals surface area (Å²) in [7, 11) is 0. The minimum atomic E-state index is -0.692. The van der Waals surface area contributed by atoms with Crippen molar-refractivity contribution < 1.29 is 9.59 Å². The van der Waals surface area contributed by atoms with Crippen LogP contribution in [0.1, 0.15) is 27.2 Å². The Hall–Kier alpha value is -1.89. The van der Waals surface area contributed by atoms with E-state index in [0.29, 0.717) is 18.2 Å². The highest BCUT2D eigenvalue weighted by atomic mass is 32.2. The van der Waals surface area contributed by atoms with Crippen molar-refractivity contribution in [2.24, 2.45) is 5.73 Å². The van der Waals surface area contributed by atoms with Crippen molar-refractivity contribution in [1.82, 2.24) is 5.32 Å². The number of hydrogen-bond donors (Lipinski definition) is 3. The van der Waals surface area contributed by atoms with Crippen LogP contribution in [0.25, 0.3) is 0 Å². The number of nitrogens with zero attached hydrogens (tertiary/aromatic N) is 1. The minimum absolute atomic E-state index is 0.258. The predicted molar refractivity (Wildman–Crippen MR) is 103 cm³/mol. The Morgan fingerprint density at radius 2 is 1.88 bits per heavy atom. The summed E-state index contributed by atoms with van der Waals surface area (Å²) < 4.78 is 0. The fourth-order valence-corrected chi connectivity index (χ4v) is 2.96. The van der Waals surface area contributed by atoms with Gasteiger partial charge in [-0.1, -0.05) is 0 Å². The topological polar surface area (TPSA) is 87.5 Å². The molecule has 7 heteroatoms. The standard InChI is InChI=1S/C17H28N4O2S/c1-5-21(12(2)3)14-8-6-13(7-9-14)19-16(22)15(10-11-24-4)20-17(18)23/h6-9,12,15H,5,10-11H2,1-4H3,(H,19,22)(H3,18,20,23). The van der Waals surface area contributed by atoms with E-state index in [4.69, 9.17) is 5.73 Å². The Morgan fingerprint density at radius 1 is 1.25 bits per heavy atom. The molecule has 0 fully saturated rings. The molecule has 1 aromatic carbocycles. The lowest BCUT2D eigenvalue weighted by Crippen LogP contribution is -2.46. The maximum atomic E-state index is 12.3. The van der Waals surface area contributed by atoms with Crippen molar-refractivity contribution in [3.63, 3.8) is 0 Å². The molecular formula is C17H28N4O2S. The van der Waals surface area contributed by atoms with Gasteiger partial charge in [-0.25, -0.2) is 4.79 Å². The molecule has 0 aliphatic rings. The lowest BCUT2D eigenvalue weighted by Gasteiger charge is -2.27. The normalized spacial score (nSPS) is 11.9. The number of rotatable bonds is 9. The van der Waals surface area contributed by atoms with Crippen molar-refractivity contribution in [2.75, 3.05) is 28.8 Å². The highest BCUT2D eigenvalue weighted by Gasteiger charge is 2.19. The van der Waals surface area contributed by atoms with Gasteiger partial charge in [0.2, 0.25) is 5.91 Å². The van der Waals surface area contributed by atoms with Crippen LogP contribution in [0.5, 0.6) is 0 Å². The molecule has 1 unspecified atom stereocenters. The molecule has 0 saturated carbocycles. The summed E-state index contributed by atoms with van der Waals surface area (Å²) in [4.78, 5) is 25.7. The van der Waals surface area contributed by atoms with Crippen LogP contribution in [0, 0.1) is 0 Å². The van der Waals surface area contributed by atoms with Crippen LogP contribution >= 0.6 is 11.8 Å². The van der Waals surface area contributed by atoms with Crippen LogP contribution in [0.4, 0.5) is 16.2 Å². The third-order valence-corrected chi connectivity index (χ3v) is 4.32. The molecule has 0 spiro atoms. The molecule has 0 bridgehead atoms. The second-order valence-corrected chi connectivity index (χ2v) is 6.74. The van der Waals surface area contributed by atoms with Gasteiger partial charge in [-0.05, 0) is 63.5 Å². The summed E-state index contributed by atoms with van der Waals surface area (Å²) in [6.45, 7) is 7.32. The molecule has 3 amide bonds. The lowest BCUT2D eigenvalue weighted by molar-refractivity contribution is -0.117. The van der Waals surface area contributed by atoms with Crippen LogP contribution in [-0.2, 0) is 4.79 Å². The fraction of sp³-hybridized carbons (Fsp3) is 0.529. The molecule has 1 aromatic rings. The van der Waals surface area contributed by atoms with Gasteiger partial charge in [0.25, 0.3) is 0 Å². The number of carbonyl (C=O) groups excluding carboxylic acids is 2. The number of urea groups is 1. The SMILES string of the molecule is CCN(c1ccc(NC(=O)C(CCSC)NC(N)=O)cc1)C(C)C. The third kappa shape index (κ3) is 6.31. The highest BCUT2D eigenvalue weighted by Crippen LogP contribution is 2.20. The summed E-state index contributed by atoms with van der Waals surface area (Å²) in [6, 6.07) is 6.79. The van der Waals surface area contributed by atoms with Gasteiger partial charge in [0.15, 0.2) is 0 Å². The number of hydrogen-bond acceptors (Lipinski definition) is 4. The molecule has 134 valence electrons. The zero-order valence-electron chi connectivity index (χ0n) is 14.8. The molecule has 0 heterocycles. The summed E-state index contributed by atoms with van der Waals surface area (Å²) in [5.74, 6) is 0.503. The summed E-state index contributed by atoms with van der Waals surface area (Å²) in [5, 5.41) is 5.33. The molecule has 1 atom stereocenters. The first-order valence-electron chi connectivity index (χ1n) is 8.11. The average molecular weight is 353 g/mol. The van der Waals surface area contributed by atoms with E-state index in [0.717, 1.165) is 18.0 Å². The number of amides is 3. The largest absolute Gasteiger partial charge is 0.369 e. The maximum Gasteiger partial charge on any atom is 0.312 e. The molecule has 0 aromatic heterocycles. The van der Waals surface area contributed by atoms with E-state index < -0.39 is 12.1 Å². The summed E-state index contributed by atoms with van der Waals surface area (Å²) >= 11 is 1.61. The molecule has 0 aliphatic carbocycles. The van der Waals surface area contributed by atoms with E-state index >= 15 is 0 Å². The number of anilines is 2. The number of nitrogens with one attached hydrogen (secondary N) is 2. The van der Waals surface area contributed by atoms with Gasteiger partial charge in [0, 0.05) is 24.0 Å². The Kier molecular flexibility index (Phi) is 8.46. The first-order chi connectivity index (χ1) is 11.4. The Bertz CT molecular complexity index is 534. The predicted octanol–water partition coefficient (Wildman–Crippen LogP) is 2.65. The van der Waals surface area contributed by atoms with Crippen LogP contribution in [0.15, 0.2) is 24.3 Å². The molecule has 0 aliphatic heterocycles. The van der Waals surface area contributed by atoms with E-state index in [1.165, 1.54) is 0 Å². The summed E-state index contributed by atoms with van der Waals surface area (Å²) in [6.07, 6.45) is 2.48. The summed E-state index contributed by atoms with van der Waals surface area (Å²) in [5.41, 5.74) is 6.96. The lowest BCUT2D eigenvalue weighted by atomic mass is 10.2. The van der Waals surface area contributed by atoms with Gasteiger partial charge >= 0.3 is 6.03 Å². The zero-order valence-corrected chi connectivity index (χ0v) is 15.7. The fourth-order valence-electron chi connectivity index (χ4n) is 2.49. The Morgan fingerprint density at radius 3 is 2.33 bits per heavy atom. The van der Waals surface area contributed by atoms with Gasteiger partial charge in [0.1, 0.15) is 6.04 Å². The quantitative estimate of drug-likeness (QED) is 0.637. The second kappa shape index (κ2) is 10.1. The van der Waals surface area contributed by atoms with Gasteiger partial charge in [0.05, 0.1) is 0 Å². The van der Waals surface area contributed by atoms with Crippen molar-refractivity contribution in [1.29, 1.82) is 0 Å². The van der Waals surface area contributed by atoms with E-state index in [1.54, 1.807) is 11.8 Å². The van der Waals surface area contributed by atoms with Gasteiger partial charge in [-0.15, -0.1) is 0 Å². The Balaban J connectivity index is 2.75. The average Bonchev–Trinajstić information content (AvgIpc) is 2.53. The van der Waals surface area contributed by atoms with Crippen molar-refractivity contribution in [3.8, 4) is 0 Å². The van der Waals surface area contributed by atoms with Crippen LogP contribution < -0.4 is 21.3 Å². The second-order valence-electron chi connectivity index (χ2n) is 5.76. The number of carbonyl (C=O) groups is 2. The van der Waals surface area contributed by atoms with Crippen LogP contribution in [0.3, 0.4) is 0 Å². The maximum absolute atomic E-state index is 12.3. The van der Waals surface area contributed by atoms with E-state index in [1.807, 2.05) is 30.5 Å². The smallest absolute Gasteiger partial charge is 0.312 e.